The summed E-state index contributed by atoms with van der Waals surface area (Å²) in [7, 11) is 0. The number of amides is 1. The Morgan fingerprint density at radius 1 is 0.765 bits per heavy atom. The number of fused-ring (bicyclic) bond motifs is 2. The molecule has 1 aliphatic heterocycles. The lowest BCUT2D eigenvalue weighted by atomic mass is 9.90. The van der Waals surface area contributed by atoms with Gasteiger partial charge in [-0.3, -0.25) is 9.78 Å². The molecule has 0 radical (unpaired) electrons. The molecule has 2 N–H and O–H groups in total. The van der Waals surface area contributed by atoms with Gasteiger partial charge in [-0.25, -0.2) is 9.97 Å². The van der Waals surface area contributed by atoms with Crippen LogP contribution in [0.3, 0.4) is 0 Å². The van der Waals surface area contributed by atoms with Crippen LogP contribution in [0.5, 0.6) is 0 Å². The molecule has 0 saturated carbocycles. The van der Waals surface area contributed by atoms with Gasteiger partial charge >= 0.3 is 0 Å². The quantitative estimate of drug-likeness (QED) is 0.162. The van der Waals surface area contributed by atoms with E-state index in [-0.39, 0.29) is 36.3 Å². The average molecular weight is 676 g/mol. The highest BCUT2D eigenvalue weighted by Gasteiger charge is 2.38. The van der Waals surface area contributed by atoms with Crippen molar-refractivity contribution in [3.63, 3.8) is 0 Å². The first-order valence-electron chi connectivity index (χ1n) is 17.1. The SMILES string of the molecule is CC1C(Cn2cnc3ccccc32)OC(c2ccc(-c3cccc(CNC(=O)c4cnc5ccccc5n4)c3)cc2)OC1c1ccc(CO)cc1. The lowest BCUT2D eigenvalue weighted by Crippen LogP contribution is -2.39. The number of nitrogens with one attached hydrogen (secondary N) is 1. The fraction of sp³-hybridized carbons (Fsp3) is 0.190. The zero-order valence-electron chi connectivity index (χ0n) is 28.1. The molecule has 4 unspecified atom stereocenters. The Balaban J connectivity index is 0.998. The third-order valence-electron chi connectivity index (χ3n) is 9.60. The summed E-state index contributed by atoms with van der Waals surface area (Å²) in [6, 6.07) is 39.9. The molecule has 2 aromatic heterocycles. The van der Waals surface area contributed by atoms with Crippen molar-refractivity contribution in [1.82, 2.24) is 24.8 Å². The maximum Gasteiger partial charge on any atom is 0.271 e. The lowest BCUT2D eigenvalue weighted by molar-refractivity contribution is -0.276. The summed E-state index contributed by atoms with van der Waals surface area (Å²) in [4.78, 5) is 26.3. The van der Waals surface area contributed by atoms with Gasteiger partial charge in [0.2, 0.25) is 0 Å². The predicted molar refractivity (Wildman–Crippen MR) is 195 cm³/mol. The van der Waals surface area contributed by atoms with E-state index in [2.05, 4.69) is 74.2 Å². The smallest absolute Gasteiger partial charge is 0.271 e. The maximum atomic E-state index is 12.9. The summed E-state index contributed by atoms with van der Waals surface area (Å²) in [5.41, 5.74) is 9.59. The van der Waals surface area contributed by atoms with Crippen LogP contribution in [0, 0.1) is 5.92 Å². The molecule has 7 aromatic rings. The minimum absolute atomic E-state index is 0.00612. The van der Waals surface area contributed by atoms with Crippen molar-refractivity contribution < 1.29 is 19.4 Å². The minimum Gasteiger partial charge on any atom is -0.392 e. The highest BCUT2D eigenvalue weighted by molar-refractivity contribution is 5.93. The van der Waals surface area contributed by atoms with Crippen LogP contribution in [0.1, 0.15) is 52.1 Å². The van der Waals surface area contributed by atoms with E-state index in [1.165, 1.54) is 6.20 Å². The first-order valence-corrected chi connectivity index (χ1v) is 17.1. The van der Waals surface area contributed by atoms with Gasteiger partial charge in [0, 0.05) is 18.0 Å². The molecule has 1 aliphatic rings. The molecule has 254 valence electrons. The average Bonchev–Trinajstić information content (AvgIpc) is 3.60. The van der Waals surface area contributed by atoms with E-state index in [0.29, 0.717) is 18.6 Å². The summed E-state index contributed by atoms with van der Waals surface area (Å²) in [5, 5.41) is 12.6. The molecule has 9 heteroatoms. The summed E-state index contributed by atoms with van der Waals surface area (Å²) in [6.07, 6.45) is 2.42. The van der Waals surface area contributed by atoms with Crippen molar-refractivity contribution in [2.24, 2.45) is 5.92 Å². The number of nitrogens with zero attached hydrogens (tertiary/aromatic N) is 4. The van der Waals surface area contributed by atoms with Crippen molar-refractivity contribution in [3.05, 3.63) is 162 Å². The minimum atomic E-state index is -0.586. The van der Waals surface area contributed by atoms with Crippen molar-refractivity contribution >= 4 is 28.0 Å². The Morgan fingerprint density at radius 2 is 1.51 bits per heavy atom. The Morgan fingerprint density at radius 3 is 2.31 bits per heavy atom. The molecule has 4 atom stereocenters. The van der Waals surface area contributed by atoms with E-state index < -0.39 is 6.29 Å². The Labute approximate surface area is 295 Å². The van der Waals surface area contributed by atoms with Gasteiger partial charge in [-0.05, 0) is 58.1 Å². The fourth-order valence-corrected chi connectivity index (χ4v) is 6.71. The third-order valence-corrected chi connectivity index (χ3v) is 9.60. The van der Waals surface area contributed by atoms with E-state index >= 15 is 0 Å². The third kappa shape index (κ3) is 6.87. The molecule has 8 rings (SSSR count). The largest absolute Gasteiger partial charge is 0.392 e. The van der Waals surface area contributed by atoms with E-state index in [4.69, 9.17) is 9.47 Å². The van der Waals surface area contributed by atoms with Crippen LogP contribution in [-0.2, 0) is 29.2 Å². The second-order valence-electron chi connectivity index (χ2n) is 13.0. The van der Waals surface area contributed by atoms with Gasteiger partial charge in [0.25, 0.3) is 5.91 Å². The number of imidazole rings is 1. The van der Waals surface area contributed by atoms with Gasteiger partial charge in [-0.15, -0.1) is 0 Å². The van der Waals surface area contributed by atoms with Crippen molar-refractivity contribution in [1.29, 1.82) is 0 Å². The number of aliphatic hydroxyl groups excluding tert-OH is 1. The van der Waals surface area contributed by atoms with Gasteiger partial charge in [-0.2, -0.15) is 0 Å². The van der Waals surface area contributed by atoms with Crippen LogP contribution in [0.4, 0.5) is 0 Å². The van der Waals surface area contributed by atoms with E-state index in [9.17, 15) is 9.90 Å². The molecule has 9 nitrogen and oxygen atoms in total. The highest BCUT2D eigenvalue weighted by atomic mass is 16.7. The standard InChI is InChI=1S/C42H37N5O4/c1-27-39(24-47-26-45-36-11-4-5-12-38(36)47)50-42(51-40(27)31-15-13-28(25-48)14-16-31)32-19-17-30(18-20-32)33-8-6-7-29(21-33)22-44-41(49)37-23-43-34-9-2-3-10-35(34)46-37/h2-21,23,26-27,39-40,42,48H,22,24-25H2,1H3,(H,44,49). The number of hydrogen-bond acceptors (Lipinski definition) is 7. The highest BCUT2D eigenvalue weighted by Crippen LogP contribution is 2.42. The predicted octanol–water partition coefficient (Wildman–Crippen LogP) is 7.56. The van der Waals surface area contributed by atoms with E-state index in [1.807, 2.05) is 85.2 Å². The second kappa shape index (κ2) is 14.2. The van der Waals surface area contributed by atoms with Gasteiger partial charge in [0.1, 0.15) is 5.69 Å². The molecule has 0 bridgehead atoms. The fourth-order valence-electron chi connectivity index (χ4n) is 6.71. The Kier molecular flexibility index (Phi) is 9.07. The first kappa shape index (κ1) is 32.5. The van der Waals surface area contributed by atoms with Gasteiger partial charge in [0.15, 0.2) is 6.29 Å². The normalized spacial score (nSPS) is 18.9. The maximum absolute atomic E-state index is 12.9. The van der Waals surface area contributed by atoms with Crippen molar-refractivity contribution in [3.8, 4) is 11.1 Å². The zero-order valence-corrected chi connectivity index (χ0v) is 28.1. The number of aliphatic hydroxyl groups is 1. The molecule has 51 heavy (non-hydrogen) atoms. The molecule has 1 fully saturated rings. The molecular formula is C42H37N5O4. The number of ether oxygens (including phenoxy) is 2. The number of rotatable bonds is 9. The first-order chi connectivity index (χ1) is 25.0. The molecule has 3 heterocycles. The van der Waals surface area contributed by atoms with Crippen LogP contribution in [0.15, 0.2) is 134 Å². The van der Waals surface area contributed by atoms with Crippen LogP contribution < -0.4 is 5.32 Å². The van der Waals surface area contributed by atoms with Crippen LogP contribution >= 0.6 is 0 Å². The van der Waals surface area contributed by atoms with Crippen molar-refractivity contribution in [2.45, 2.75) is 45.1 Å². The van der Waals surface area contributed by atoms with Crippen LogP contribution in [0.25, 0.3) is 33.2 Å². The van der Waals surface area contributed by atoms with E-state index in [0.717, 1.165) is 49.9 Å². The monoisotopic (exact) mass is 675 g/mol. The van der Waals surface area contributed by atoms with Crippen LogP contribution in [-0.4, -0.2) is 36.6 Å². The molecule has 0 spiro atoms. The zero-order chi connectivity index (χ0) is 34.7. The topological polar surface area (TPSA) is 111 Å². The van der Waals surface area contributed by atoms with Gasteiger partial charge in [0.05, 0.1) is 60.0 Å². The number of aromatic nitrogens is 4. The molecule has 1 saturated heterocycles. The number of carbonyl (C=O) groups excluding carboxylic acids is 1. The number of benzene rings is 5. The molecule has 0 aliphatic carbocycles. The van der Waals surface area contributed by atoms with Gasteiger partial charge in [-0.1, -0.05) is 97.9 Å². The van der Waals surface area contributed by atoms with E-state index in [1.54, 1.807) is 0 Å². The summed E-state index contributed by atoms with van der Waals surface area (Å²) < 4.78 is 15.6. The second-order valence-corrected chi connectivity index (χ2v) is 13.0. The molecule has 1 amide bonds. The van der Waals surface area contributed by atoms with Gasteiger partial charge < -0.3 is 24.5 Å². The number of para-hydroxylation sites is 4. The summed E-state index contributed by atoms with van der Waals surface area (Å²) in [5.74, 6) is -0.231. The molecular weight excluding hydrogens is 638 g/mol. The lowest BCUT2D eigenvalue weighted by Gasteiger charge is -2.41. The number of hydrogen-bond donors (Lipinski definition) is 2. The number of carbonyl (C=O) groups is 1. The van der Waals surface area contributed by atoms with Crippen molar-refractivity contribution in [2.75, 3.05) is 0 Å². The molecule has 5 aromatic carbocycles. The summed E-state index contributed by atoms with van der Waals surface area (Å²) >= 11 is 0. The summed E-state index contributed by atoms with van der Waals surface area (Å²) in [6.45, 7) is 3.14. The Bertz CT molecular complexity index is 2300. The Hall–Kier alpha value is -5.74. The van der Waals surface area contributed by atoms with Crippen LogP contribution in [0.2, 0.25) is 0 Å².